The molecule has 3 aliphatic heterocycles. The number of aryl methyl sites for hydroxylation is 1. The monoisotopic (exact) mass is 412 g/mol. The van der Waals surface area contributed by atoms with Crippen LogP contribution in [-0.4, -0.2) is 80.9 Å². The van der Waals surface area contributed by atoms with Crippen molar-refractivity contribution >= 4 is 23.3 Å². The lowest BCUT2D eigenvalue weighted by molar-refractivity contribution is 0.122. The topological polar surface area (TPSA) is 48.0 Å². The van der Waals surface area contributed by atoms with Gasteiger partial charge in [0.2, 0.25) is 11.8 Å². The molecule has 0 unspecified atom stereocenters. The minimum atomic E-state index is -0.310. The second kappa shape index (κ2) is 8.35. The molecule has 30 heavy (non-hydrogen) atoms. The number of piperazine rings is 1. The molecule has 1 aromatic heterocycles. The highest BCUT2D eigenvalue weighted by Gasteiger charge is 2.29. The zero-order valence-electron chi connectivity index (χ0n) is 17.6. The molecular weight excluding hydrogens is 383 g/mol. The summed E-state index contributed by atoms with van der Waals surface area (Å²) < 4.78 is 21.2. The number of ether oxygens (including phenoxy) is 1. The number of rotatable bonds is 3. The summed E-state index contributed by atoms with van der Waals surface area (Å²) in [6.07, 6.45) is 2.09. The normalized spacial score (nSPS) is 20.4. The Morgan fingerprint density at radius 2 is 1.53 bits per heavy atom. The molecule has 0 aliphatic carbocycles. The van der Waals surface area contributed by atoms with E-state index in [0.29, 0.717) is 43.9 Å². The standard InChI is InChI=1S/C22H29FN6O/c1-26-9-11-27(12-10-26)20-19(23)21(28-13-15-30-16-14-28)25-22(24-20)29-8-4-6-17-5-2-3-7-18(17)29/h2-3,5,7H,4,6,8-16H2,1H3. The summed E-state index contributed by atoms with van der Waals surface area (Å²) in [6, 6.07) is 8.40. The van der Waals surface area contributed by atoms with Crippen LogP contribution in [0.3, 0.4) is 0 Å². The van der Waals surface area contributed by atoms with Gasteiger partial charge in [0.1, 0.15) is 0 Å². The molecular formula is C22H29FN6O. The summed E-state index contributed by atoms with van der Waals surface area (Å²) >= 11 is 0. The van der Waals surface area contributed by atoms with Gasteiger partial charge in [-0.15, -0.1) is 0 Å². The lowest BCUT2D eigenvalue weighted by atomic mass is 10.0. The molecule has 0 bridgehead atoms. The number of hydrogen-bond acceptors (Lipinski definition) is 7. The van der Waals surface area contributed by atoms with Crippen LogP contribution in [0, 0.1) is 5.82 Å². The van der Waals surface area contributed by atoms with Crippen LogP contribution >= 0.6 is 0 Å². The van der Waals surface area contributed by atoms with Crippen molar-refractivity contribution in [2.24, 2.45) is 0 Å². The quantitative estimate of drug-likeness (QED) is 0.767. The number of morpholine rings is 1. The molecule has 0 atom stereocenters. The van der Waals surface area contributed by atoms with Gasteiger partial charge in [0.25, 0.3) is 0 Å². The van der Waals surface area contributed by atoms with Gasteiger partial charge < -0.3 is 24.3 Å². The van der Waals surface area contributed by atoms with E-state index >= 15 is 4.39 Å². The van der Waals surface area contributed by atoms with E-state index in [1.807, 2.05) is 11.0 Å². The highest BCUT2D eigenvalue weighted by molar-refractivity contribution is 5.67. The van der Waals surface area contributed by atoms with E-state index in [0.717, 1.165) is 51.3 Å². The number of nitrogens with zero attached hydrogens (tertiary/aromatic N) is 6. The summed E-state index contributed by atoms with van der Waals surface area (Å²) in [5.41, 5.74) is 2.43. The largest absolute Gasteiger partial charge is 0.378 e. The minimum absolute atomic E-state index is 0.310. The predicted molar refractivity (Wildman–Crippen MR) is 117 cm³/mol. The minimum Gasteiger partial charge on any atom is -0.378 e. The third kappa shape index (κ3) is 3.70. The van der Waals surface area contributed by atoms with E-state index < -0.39 is 0 Å². The number of hydrogen-bond donors (Lipinski definition) is 0. The first-order valence-corrected chi connectivity index (χ1v) is 10.9. The smallest absolute Gasteiger partial charge is 0.234 e. The van der Waals surface area contributed by atoms with Crippen LogP contribution in [0.2, 0.25) is 0 Å². The molecule has 160 valence electrons. The zero-order chi connectivity index (χ0) is 20.5. The van der Waals surface area contributed by atoms with Crippen LogP contribution in [0.1, 0.15) is 12.0 Å². The SMILES string of the molecule is CN1CCN(c2nc(N3CCCc4ccccc43)nc(N3CCOCC3)c2F)CC1. The second-order valence-electron chi connectivity index (χ2n) is 8.26. The van der Waals surface area contributed by atoms with Crippen LogP contribution in [0.15, 0.2) is 24.3 Å². The first-order valence-electron chi connectivity index (χ1n) is 10.9. The van der Waals surface area contributed by atoms with Crippen LogP contribution in [0.5, 0.6) is 0 Å². The average Bonchev–Trinajstić information content (AvgIpc) is 2.80. The van der Waals surface area contributed by atoms with Crippen LogP contribution in [0.25, 0.3) is 0 Å². The summed E-state index contributed by atoms with van der Waals surface area (Å²) in [6.45, 7) is 6.65. The van der Waals surface area contributed by atoms with Crippen LogP contribution in [0.4, 0.5) is 27.7 Å². The first-order chi connectivity index (χ1) is 14.7. The van der Waals surface area contributed by atoms with E-state index in [1.165, 1.54) is 5.56 Å². The molecule has 0 amide bonds. The van der Waals surface area contributed by atoms with Crippen LogP contribution in [-0.2, 0) is 11.2 Å². The lowest BCUT2D eigenvalue weighted by Crippen LogP contribution is -2.45. The Balaban J connectivity index is 1.58. The lowest BCUT2D eigenvalue weighted by Gasteiger charge is -2.36. The average molecular weight is 413 g/mol. The molecule has 2 saturated heterocycles. The summed E-state index contributed by atoms with van der Waals surface area (Å²) in [5, 5.41) is 0. The number of fused-ring (bicyclic) bond motifs is 1. The summed E-state index contributed by atoms with van der Waals surface area (Å²) in [4.78, 5) is 18.0. The number of aromatic nitrogens is 2. The molecule has 0 N–H and O–H groups in total. The summed E-state index contributed by atoms with van der Waals surface area (Å²) in [7, 11) is 2.10. The molecule has 4 heterocycles. The fraction of sp³-hybridized carbons (Fsp3) is 0.545. The molecule has 5 rings (SSSR count). The predicted octanol–water partition coefficient (Wildman–Crippen LogP) is 2.29. The van der Waals surface area contributed by atoms with E-state index in [9.17, 15) is 0 Å². The summed E-state index contributed by atoms with van der Waals surface area (Å²) in [5.74, 6) is 1.12. The maximum absolute atomic E-state index is 15.7. The van der Waals surface area contributed by atoms with Crippen LogP contribution < -0.4 is 14.7 Å². The van der Waals surface area contributed by atoms with Gasteiger partial charge in [-0.2, -0.15) is 14.4 Å². The fourth-order valence-electron chi connectivity index (χ4n) is 4.49. The van der Waals surface area contributed by atoms with Gasteiger partial charge in [-0.25, -0.2) is 0 Å². The van der Waals surface area contributed by atoms with Gasteiger partial charge in [0.05, 0.1) is 13.2 Å². The molecule has 8 heteroatoms. The number of para-hydroxylation sites is 1. The molecule has 3 aliphatic rings. The first kappa shape index (κ1) is 19.5. The molecule has 2 aromatic rings. The Hall–Kier alpha value is -2.45. The Bertz CT molecular complexity index is 895. The van der Waals surface area contributed by atoms with Gasteiger partial charge in [0, 0.05) is 51.5 Å². The molecule has 2 fully saturated rings. The Kier molecular flexibility index (Phi) is 5.43. The van der Waals surface area contributed by atoms with E-state index in [2.05, 4.69) is 39.9 Å². The fourth-order valence-corrected chi connectivity index (χ4v) is 4.49. The maximum atomic E-state index is 15.7. The van der Waals surface area contributed by atoms with Crippen molar-refractivity contribution in [1.82, 2.24) is 14.9 Å². The molecule has 0 radical (unpaired) electrons. The van der Waals surface area contributed by atoms with Crippen molar-refractivity contribution in [1.29, 1.82) is 0 Å². The molecule has 7 nitrogen and oxygen atoms in total. The van der Waals surface area contributed by atoms with Crippen molar-refractivity contribution in [3.05, 3.63) is 35.6 Å². The van der Waals surface area contributed by atoms with Crippen molar-refractivity contribution in [2.45, 2.75) is 12.8 Å². The van der Waals surface area contributed by atoms with Gasteiger partial charge >= 0.3 is 0 Å². The van der Waals surface area contributed by atoms with Gasteiger partial charge in [0.15, 0.2) is 11.6 Å². The number of halogens is 1. The second-order valence-corrected chi connectivity index (χ2v) is 8.26. The maximum Gasteiger partial charge on any atom is 0.234 e. The number of likely N-dealkylation sites (N-methyl/N-ethyl adjacent to an activating group) is 1. The van der Waals surface area contributed by atoms with E-state index in [4.69, 9.17) is 14.7 Å². The molecule has 0 saturated carbocycles. The zero-order valence-corrected chi connectivity index (χ0v) is 17.6. The van der Waals surface area contributed by atoms with Gasteiger partial charge in [-0.05, 0) is 31.5 Å². The van der Waals surface area contributed by atoms with Gasteiger partial charge in [-0.1, -0.05) is 18.2 Å². The van der Waals surface area contributed by atoms with Gasteiger partial charge in [-0.3, -0.25) is 0 Å². The molecule has 0 spiro atoms. The van der Waals surface area contributed by atoms with Crippen molar-refractivity contribution < 1.29 is 9.13 Å². The van der Waals surface area contributed by atoms with E-state index in [1.54, 1.807) is 0 Å². The van der Waals surface area contributed by atoms with Crippen molar-refractivity contribution in [2.75, 3.05) is 80.8 Å². The van der Waals surface area contributed by atoms with E-state index in [-0.39, 0.29) is 5.82 Å². The highest BCUT2D eigenvalue weighted by Crippen LogP contribution is 2.35. The van der Waals surface area contributed by atoms with Crippen molar-refractivity contribution in [3.63, 3.8) is 0 Å². The van der Waals surface area contributed by atoms with Crippen molar-refractivity contribution in [3.8, 4) is 0 Å². The Morgan fingerprint density at radius 3 is 2.27 bits per heavy atom. The Labute approximate surface area is 177 Å². The number of benzene rings is 1. The highest BCUT2D eigenvalue weighted by atomic mass is 19.1. The third-order valence-electron chi connectivity index (χ3n) is 6.27. The third-order valence-corrected chi connectivity index (χ3v) is 6.27. The number of anilines is 4. The molecule has 1 aromatic carbocycles. The Morgan fingerprint density at radius 1 is 0.867 bits per heavy atom.